The Balaban J connectivity index is 2.48. The summed E-state index contributed by atoms with van der Waals surface area (Å²) in [5, 5.41) is 15.9. The molecular weight excluding hydrogens is 606 g/mol. The highest BCUT2D eigenvalue weighted by Crippen LogP contribution is 2.17. The van der Waals surface area contributed by atoms with Crippen LogP contribution < -0.4 is 10.1 Å². The molecule has 0 saturated heterocycles. The highest BCUT2D eigenvalue weighted by Gasteiger charge is 2.28. The van der Waals surface area contributed by atoms with E-state index in [1.807, 2.05) is 65.0 Å². The zero-order valence-corrected chi connectivity index (χ0v) is 29.3. The Labute approximate surface area is 275 Å². The van der Waals surface area contributed by atoms with Gasteiger partial charge in [-0.15, -0.1) is 4.83 Å². The van der Waals surface area contributed by atoms with E-state index >= 15 is 0 Å². The van der Waals surface area contributed by atoms with E-state index in [-0.39, 0.29) is 53.1 Å². The van der Waals surface area contributed by atoms with Crippen molar-refractivity contribution in [2.75, 3.05) is 46.0 Å². The van der Waals surface area contributed by atoms with Gasteiger partial charge in [-0.25, -0.2) is 13.4 Å². The molecule has 0 spiro atoms. The number of hydrogen-bond acceptors (Lipinski definition) is 7. The third kappa shape index (κ3) is 12.5. The van der Waals surface area contributed by atoms with Gasteiger partial charge < -0.3 is 20.2 Å². The first-order valence-electron chi connectivity index (χ1n) is 16.1. The molecule has 0 aliphatic rings. The fraction of sp³-hybridized carbons (Fsp3) is 0.559. The molecule has 3 N–H and O–H groups in total. The number of aliphatic hydroxyl groups is 1. The largest absolute Gasteiger partial charge is 0.390 e. The van der Waals surface area contributed by atoms with Crippen LogP contribution in [-0.4, -0.2) is 104 Å². The molecule has 2 aromatic carbocycles. The van der Waals surface area contributed by atoms with Gasteiger partial charge in [-0.1, -0.05) is 65.0 Å². The molecule has 2 aromatic rings. The Morgan fingerprint density at radius 3 is 1.89 bits per heavy atom. The molecule has 256 valence electrons. The summed E-state index contributed by atoms with van der Waals surface area (Å²) in [6, 6.07) is 13.0. The Bertz CT molecular complexity index is 1380. The normalized spacial score (nSPS) is 13.0. The fourth-order valence-corrected chi connectivity index (χ4v) is 6.69. The van der Waals surface area contributed by atoms with E-state index in [1.165, 1.54) is 28.1 Å². The van der Waals surface area contributed by atoms with E-state index in [0.717, 1.165) is 18.4 Å². The van der Waals surface area contributed by atoms with Crippen LogP contribution in [0.2, 0.25) is 0 Å². The highest BCUT2D eigenvalue weighted by molar-refractivity contribution is 7.89. The first-order valence-corrected chi connectivity index (χ1v) is 17.8. The molecule has 2 atom stereocenters. The first-order chi connectivity index (χ1) is 21.7. The predicted molar refractivity (Wildman–Crippen MR) is 182 cm³/mol. The molecule has 0 heterocycles. The molecule has 3 amide bonds. The molecule has 2 unspecified atom stereocenters. The zero-order valence-electron chi connectivity index (χ0n) is 28.5. The lowest BCUT2D eigenvalue weighted by molar-refractivity contribution is 0.0618. The highest BCUT2D eigenvalue weighted by atomic mass is 32.2. The summed E-state index contributed by atoms with van der Waals surface area (Å²) in [6.07, 6.45) is 1.24. The van der Waals surface area contributed by atoms with Crippen LogP contribution in [0.4, 0.5) is 0 Å². The monoisotopic (exact) mass is 659 g/mol. The van der Waals surface area contributed by atoms with E-state index in [0.29, 0.717) is 26.1 Å². The predicted octanol–water partition coefficient (Wildman–Crippen LogP) is 3.56. The Hall–Kier alpha value is -3.32. The van der Waals surface area contributed by atoms with E-state index < -0.39 is 28.1 Å². The number of benzene rings is 2. The minimum Gasteiger partial charge on any atom is -0.390 e. The zero-order chi connectivity index (χ0) is 34.4. The van der Waals surface area contributed by atoms with Gasteiger partial charge in [0.1, 0.15) is 0 Å². The molecule has 46 heavy (non-hydrogen) atoms. The number of nitrogens with zero attached hydrogens (tertiary/aromatic N) is 3. The summed E-state index contributed by atoms with van der Waals surface area (Å²) >= 11 is 0. The second-order valence-electron chi connectivity index (χ2n) is 12.3. The first kappa shape index (κ1) is 38.9. The second kappa shape index (κ2) is 18.7. The summed E-state index contributed by atoms with van der Waals surface area (Å²) in [6.45, 7) is 10.9. The minimum atomic E-state index is -3.64. The number of hydrogen-bond donors (Lipinski definition) is 3. The van der Waals surface area contributed by atoms with Crippen LogP contribution in [0.15, 0.2) is 48.5 Å². The number of amides is 3. The summed E-state index contributed by atoms with van der Waals surface area (Å²) in [5.74, 6) is -1.34. The number of hydrazine groups is 1. The maximum absolute atomic E-state index is 13.9. The van der Waals surface area contributed by atoms with Gasteiger partial charge in [0.25, 0.3) is 17.7 Å². The van der Waals surface area contributed by atoms with Gasteiger partial charge in [0, 0.05) is 57.0 Å². The van der Waals surface area contributed by atoms with Crippen molar-refractivity contribution >= 4 is 27.7 Å². The lowest BCUT2D eigenvalue weighted by atomic mass is 9.99. The van der Waals surface area contributed by atoms with Gasteiger partial charge in [0.2, 0.25) is 10.0 Å². The van der Waals surface area contributed by atoms with E-state index in [4.69, 9.17) is 0 Å². The topological polar surface area (TPSA) is 139 Å². The van der Waals surface area contributed by atoms with Crippen molar-refractivity contribution in [3.8, 4) is 0 Å². The van der Waals surface area contributed by atoms with Crippen molar-refractivity contribution in [2.24, 2.45) is 5.92 Å². The van der Waals surface area contributed by atoms with Crippen molar-refractivity contribution in [1.82, 2.24) is 25.0 Å². The van der Waals surface area contributed by atoms with Crippen molar-refractivity contribution < 1.29 is 27.9 Å². The number of carbonyl (C=O) groups is 3. The van der Waals surface area contributed by atoms with Crippen molar-refractivity contribution in [1.29, 1.82) is 0 Å². The number of aliphatic hydroxyl groups excluding tert-OH is 1. The van der Waals surface area contributed by atoms with Gasteiger partial charge in [0.05, 0.1) is 17.9 Å². The number of nitrogens with one attached hydrogen (secondary N) is 2. The lowest BCUT2D eigenvalue weighted by Gasteiger charge is -2.30. The molecular formula is C34H53N5O6S. The van der Waals surface area contributed by atoms with Crippen molar-refractivity contribution in [3.05, 3.63) is 70.8 Å². The van der Waals surface area contributed by atoms with Crippen LogP contribution in [0.5, 0.6) is 0 Å². The Morgan fingerprint density at radius 1 is 0.826 bits per heavy atom. The number of sulfonamides is 1. The maximum atomic E-state index is 13.9. The minimum absolute atomic E-state index is 0.0650. The van der Waals surface area contributed by atoms with Gasteiger partial charge >= 0.3 is 0 Å². The van der Waals surface area contributed by atoms with E-state index in [1.54, 1.807) is 19.0 Å². The summed E-state index contributed by atoms with van der Waals surface area (Å²) < 4.78 is 25.4. The molecule has 0 aromatic heterocycles. The third-order valence-electron chi connectivity index (χ3n) is 7.17. The molecule has 12 heteroatoms. The summed E-state index contributed by atoms with van der Waals surface area (Å²) in [7, 11) is -0.445. The van der Waals surface area contributed by atoms with Gasteiger partial charge in [-0.05, 0) is 55.4 Å². The summed E-state index contributed by atoms with van der Waals surface area (Å²) in [4.78, 5) is 46.1. The quantitative estimate of drug-likeness (QED) is 0.196. The van der Waals surface area contributed by atoms with Crippen LogP contribution in [0.3, 0.4) is 0 Å². The molecule has 0 bridgehead atoms. The summed E-state index contributed by atoms with van der Waals surface area (Å²) in [5.41, 5.74) is 1.39. The van der Waals surface area contributed by atoms with Crippen LogP contribution in [0.1, 0.15) is 90.5 Å². The smallest absolute Gasteiger partial charge is 0.253 e. The van der Waals surface area contributed by atoms with Crippen LogP contribution in [0.25, 0.3) is 0 Å². The number of carbonyl (C=O) groups excluding carboxylic acids is 3. The van der Waals surface area contributed by atoms with E-state index in [2.05, 4.69) is 10.1 Å². The molecule has 11 nitrogen and oxygen atoms in total. The second-order valence-corrected chi connectivity index (χ2v) is 14.1. The molecule has 0 saturated carbocycles. The average Bonchev–Trinajstić information content (AvgIpc) is 2.99. The van der Waals surface area contributed by atoms with E-state index in [9.17, 15) is 27.9 Å². The van der Waals surface area contributed by atoms with Gasteiger partial charge in [-0.2, -0.15) is 0 Å². The molecule has 0 radical (unpaired) electrons. The maximum Gasteiger partial charge on any atom is 0.253 e. The fourth-order valence-electron chi connectivity index (χ4n) is 5.17. The van der Waals surface area contributed by atoms with Crippen LogP contribution in [-0.2, 0) is 16.4 Å². The standard InChI is InChI=1S/C34H53N5O6S/c1-8-16-38(17-9-2)34(43)29-21-27(20-28(22-29)33(42)37(6)7)32(41)35-30(19-26-14-12-11-13-15-26)31(40)23-39(18-10-3)36-46(44,45)24-25(4)5/h11-15,20-22,25,30-31,36,40H,8-10,16-19,23-24H2,1-7H3,(H,35,41). The Kier molecular flexibility index (Phi) is 15.8. The van der Waals surface area contributed by atoms with Crippen molar-refractivity contribution in [2.45, 2.75) is 72.4 Å². The number of rotatable bonds is 19. The van der Waals surface area contributed by atoms with Gasteiger partial charge in [-0.3, -0.25) is 14.4 Å². The van der Waals surface area contributed by atoms with Crippen LogP contribution in [0, 0.1) is 5.92 Å². The van der Waals surface area contributed by atoms with Crippen molar-refractivity contribution in [3.63, 3.8) is 0 Å². The molecule has 0 aliphatic carbocycles. The third-order valence-corrected chi connectivity index (χ3v) is 8.81. The molecule has 2 rings (SSSR count). The van der Waals surface area contributed by atoms with Crippen LogP contribution >= 0.6 is 0 Å². The molecule has 0 fully saturated rings. The Morgan fingerprint density at radius 2 is 1.37 bits per heavy atom. The SMILES string of the molecule is CCCN(CC(O)C(Cc1ccccc1)NC(=O)c1cc(C(=O)N(C)C)cc(C(=O)N(CCC)CCC)c1)NS(=O)(=O)CC(C)C. The molecule has 0 aliphatic heterocycles. The van der Waals surface area contributed by atoms with Gasteiger partial charge in [0.15, 0.2) is 0 Å². The average molecular weight is 660 g/mol. The lowest BCUT2D eigenvalue weighted by Crippen LogP contribution is -2.53.